The Balaban J connectivity index is 1.64. The van der Waals surface area contributed by atoms with Gasteiger partial charge in [-0.15, -0.1) is 0 Å². The van der Waals surface area contributed by atoms with Crippen LogP contribution in [-0.2, 0) is 33.3 Å². The summed E-state index contributed by atoms with van der Waals surface area (Å²) >= 11 is 0. The molecule has 2 aliphatic rings. The van der Waals surface area contributed by atoms with Gasteiger partial charge in [0.2, 0.25) is 0 Å². The van der Waals surface area contributed by atoms with E-state index in [-0.39, 0.29) is 36.7 Å². The van der Waals surface area contributed by atoms with Gasteiger partial charge in [-0.1, -0.05) is 169 Å². The van der Waals surface area contributed by atoms with Crippen LogP contribution in [0.5, 0.6) is 0 Å². The summed E-state index contributed by atoms with van der Waals surface area (Å²) in [6.45, 7) is 11.3. The van der Waals surface area contributed by atoms with E-state index >= 15 is 0 Å². The number of hydrogen-bond donors (Lipinski definition) is 0. The molecule has 0 spiro atoms. The van der Waals surface area contributed by atoms with Gasteiger partial charge in [0.05, 0.1) is 19.3 Å². The van der Waals surface area contributed by atoms with E-state index in [1.165, 1.54) is 109 Å². The average Bonchev–Trinajstić information content (AvgIpc) is 3.81. The molecule has 2 rings (SSSR count). The Kier molecular flexibility index (Phi) is 33.4. The van der Waals surface area contributed by atoms with Gasteiger partial charge in [-0.25, -0.2) is 4.79 Å². The van der Waals surface area contributed by atoms with Crippen LogP contribution in [0.25, 0.3) is 0 Å². The highest BCUT2D eigenvalue weighted by Gasteiger charge is 2.44. The Labute approximate surface area is 370 Å². The number of hydrogen-bond acceptors (Lipinski definition) is 8. The molecule has 60 heavy (non-hydrogen) atoms. The molecule has 1 saturated carbocycles. The molecule has 8 nitrogen and oxygen atoms in total. The van der Waals surface area contributed by atoms with Crippen molar-refractivity contribution in [3.05, 3.63) is 0 Å². The number of esters is 3. The van der Waals surface area contributed by atoms with Crippen LogP contribution in [0.15, 0.2) is 0 Å². The Morgan fingerprint density at radius 1 is 0.500 bits per heavy atom. The molecule has 3 unspecified atom stereocenters. The summed E-state index contributed by atoms with van der Waals surface area (Å²) in [6, 6.07) is 0.434. The summed E-state index contributed by atoms with van der Waals surface area (Å²) in [6.07, 6.45) is 37.6. The maximum atomic E-state index is 13.0. The SMILES string of the molecule is CCCCCC(CCCCC)CCOC(=O)CCCCCCCC(CCCCCCCC(=O)OCCC(CCCCC)CCCCC)OC(=O)COC1CC2CC1N(C)C2. The second-order valence-corrected chi connectivity index (χ2v) is 19.2. The van der Waals surface area contributed by atoms with E-state index in [2.05, 4.69) is 39.6 Å². The van der Waals surface area contributed by atoms with Crippen molar-refractivity contribution in [3.8, 4) is 0 Å². The number of likely N-dealkylation sites (tertiary alicyclic amines) is 1. The second kappa shape index (κ2) is 36.8. The van der Waals surface area contributed by atoms with Crippen molar-refractivity contribution in [2.75, 3.05) is 33.4 Å². The zero-order valence-electron chi connectivity index (χ0n) is 40.1. The molecule has 1 heterocycles. The largest absolute Gasteiger partial charge is 0.466 e. The zero-order valence-corrected chi connectivity index (χ0v) is 40.1. The molecule has 0 N–H and O–H groups in total. The van der Waals surface area contributed by atoms with E-state index in [4.69, 9.17) is 18.9 Å². The first kappa shape index (κ1) is 54.5. The van der Waals surface area contributed by atoms with Crippen molar-refractivity contribution in [1.82, 2.24) is 4.90 Å². The minimum absolute atomic E-state index is 0.0428. The molecule has 0 amide bonds. The Bertz CT molecular complexity index is 977. The highest BCUT2D eigenvalue weighted by molar-refractivity contribution is 5.71. The summed E-state index contributed by atoms with van der Waals surface area (Å²) in [4.78, 5) is 40.3. The molecule has 1 aliphatic carbocycles. The molecule has 0 aromatic carbocycles. The third-order valence-electron chi connectivity index (χ3n) is 13.7. The van der Waals surface area contributed by atoms with Gasteiger partial charge in [0.25, 0.3) is 0 Å². The third-order valence-corrected chi connectivity index (χ3v) is 13.7. The highest BCUT2D eigenvalue weighted by atomic mass is 16.6. The molecule has 2 bridgehead atoms. The summed E-state index contributed by atoms with van der Waals surface area (Å²) in [5.74, 6) is 1.75. The molecule has 1 aliphatic heterocycles. The minimum Gasteiger partial charge on any atom is -0.466 e. The third kappa shape index (κ3) is 27.4. The molecule has 2 fully saturated rings. The molecular weight excluding hydrogens is 751 g/mol. The molecule has 0 radical (unpaired) electrons. The highest BCUT2D eigenvalue weighted by Crippen LogP contribution is 2.38. The fraction of sp³-hybridized carbons (Fsp3) is 0.942. The number of ether oxygens (including phenoxy) is 4. The number of nitrogens with zero attached hydrogens (tertiary/aromatic N) is 1. The van der Waals surface area contributed by atoms with Crippen molar-refractivity contribution in [2.24, 2.45) is 17.8 Å². The predicted octanol–water partition coefficient (Wildman–Crippen LogP) is 13.9. The molecular formula is C52H97NO7. The van der Waals surface area contributed by atoms with Crippen molar-refractivity contribution in [2.45, 2.75) is 264 Å². The monoisotopic (exact) mass is 848 g/mol. The zero-order chi connectivity index (χ0) is 43.5. The van der Waals surface area contributed by atoms with Gasteiger partial charge < -0.3 is 23.8 Å². The first-order valence-electron chi connectivity index (χ1n) is 26.1. The fourth-order valence-electron chi connectivity index (χ4n) is 9.83. The van der Waals surface area contributed by atoms with E-state index < -0.39 is 0 Å². The van der Waals surface area contributed by atoms with E-state index in [1.54, 1.807) is 0 Å². The van der Waals surface area contributed by atoms with Gasteiger partial charge in [-0.05, 0) is 89.0 Å². The van der Waals surface area contributed by atoms with Crippen LogP contribution in [0.4, 0.5) is 0 Å². The molecule has 1 saturated heterocycles. The smallest absolute Gasteiger partial charge is 0.332 e. The van der Waals surface area contributed by atoms with Gasteiger partial charge >= 0.3 is 17.9 Å². The van der Waals surface area contributed by atoms with Crippen molar-refractivity contribution in [1.29, 1.82) is 0 Å². The number of piperidine rings is 1. The number of rotatable bonds is 42. The maximum absolute atomic E-state index is 13.0. The van der Waals surface area contributed by atoms with Crippen LogP contribution in [-0.4, -0.2) is 74.5 Å². The molecule has 8 heteroatoms. The van der Waals surface area contributed by atoms with Crippen LogP contribution < -0.4 is 0 Å². The number of carbonyl (C=O) groups is 3. The lowest BCUT2D eigenvalue weighted by Crippen LogP contribution is -2.40. The van der Waals surface area contributed by atoms with Gasteiger partial charge in [-0.3, -0.25) is 9.59 Å². The van der Waals surface area contributed by atoms with Crippen LogP contribution in [0.2, 0.25) is 0 Å². The van der Waals surface area contributed by atoms with Crippen molar-refractivity contribution in [3.63, 3.8) is 0 Å². The van der Waals surface area contributed by atoms with E-state index in [1.807, 2.05) is 0 Å². The van der Waals surface area contributed by atoms with Gasteiger partial charge in [0, 0.05) is 25.4 Å². The number of unbranched alkanes of at least 4 members (excludes halogenated alkanes) is 16. The standard InChI is InChI=1S/C52H97NO7/c1-6-10-20-28-44(29-21-11-7-2)36-38-57-50(54)34-26-18-14-16-24-32-47(60-52(56)43-59-49-41-46-40-48(49)53(5)42-46)33-25-17-15-19-27-35-51(55)58-39-37-45(30-22-12-8-3)31-23-13-9-4/h44-49H,6-43H2,1-5H3. The molecule has 0 aromatic rings. The second-order valence-electron chi connectivity index (χ2n) is 19.2. The Morgan fingerprint density at radius 2 is 0.917 bits per heavy atom. The lowest BCUT2D eigenvalue weighted by molar-refractivity contribution is -0.158. The Morgan fingerprint density at radius 3 is 1.33 bits per heavy atom. The molecule has 352 valence electrons. The van der Waals surface area contributed by atoms with Crippen LogP contribution >= 0.6 is 0 Å². The fourth-order valence-corrected chi connectivity index (χ4v) is 9.83. The first-order valence-corrected chi connectivity index (χ1v) is 26.1. The van der Waals surface area contributed by atoms with Gasteiger partial charge in [-0.2, -0.15) is 0 Å². The maximum Gasteiger partial charge on any atom is 0.332 e. The van der Waals surface area contributed by atoms with Crippen molar-refractivity contribution >= 4 is 17.9 Å². The van der Waals surface area contributed by atoms with Crippen molar-refractivity contribution < 1.29 is 33.3 Å². The van der Waals surface area contributed by atoms with E-state index in [0.717, 1.165) is 103 Å². The lowest BCUT2D eigenvalue weighted by atomic mass is 9.92. The molecule has 3 atom stereocenters. The van der Waals surface area contributed by atoms with Gasteiger partial charge in [0.15, 0.2) is 0 Å². The number of carbonyl (C=O) groups excluding carboxylic acids is 3. The molecule has 0 aromatic heterocycles. The summed E-state index contributed by atoms with van der Waals surface area (Å²) in [7, 11) is 2.16. The van der Waals surface area contributed by atoms with Crippen LogP contribution in [0.1, 0.15) is 246 Å². The Hall–Kier alpha value is -1.67. The van der Waals surface area contributed by atoms with Crippen LogP contribution in [0.3, 0.4) is 0 Å². The van der Waals surface area contributed by atoms with Gasteiger partial charge in [0.1, 0.15) is 12.7 Å². The predicted molar refractivity (Wildman–Crippen MR) is 248 cm³/mol. The minimum atomic E-state index is -0.232. The summed E-state index contributed by atoms with van der Waals surface area (Å²) < 4.78 is 23.5. The van der Waals surface area contributed by atoms with Crippen LogP contribution in [0, 0.1) is 17.8 Å². The topological polar surface area (TPSA) is 91.4 Å². The van der Waals surface area contributed by atoms with E-state index in [9.17, 15) is 14.4 Å². The summed E-state index contributed by atoms with van der Waals surface area (Å²) in [5, 5.41) is 0. The average molecular weight is 848 g/mol. The number of fused-ring (bicyclic) bond motifs is 2. The first-order chi connectivity index (χ1) is 29.3. The quantitative estimate of drug-likeness (QED) is 0.0341. The normalized spacial score (nSPS) is 17.7. The lowest BCUT2D eigenvalue weighted by Gasteiger charge is -2.30. The number of likely N-dealkylation sites (N-methyl/N-ethyl adjacent to an activating group) is 1. The van der Waals surface area contributed by atoms with E-state index in [0.29, 0.717) is 49.9 Å². The summed E-state index contributed by atoms with van der Waals surface area (Å²) in [5.41, 5.74) is 0.